The lowest BCUT2D eigenvalue weighted by Gasteiger charge is -2.18. The Balaban J connectivity index is 1.88. The first-order valence-corrected chi connectivity index (χ1v) is 6.60. The summed E-state index contributed by atoms with van der Waals surface area (Å²) in [6, 6.07) is 14.6. The van der Waals surface area contributed by atoms with Crippen molar-refractivity contribution in [3.63, 3.8) is 0 Å². The molecule has 0 spiro atoms. The maximum absolute atomic E-state index is 10.6. The van der Waals surface area contributed by atoms with Crippen LogP contribution in [0.25, 0.3) is 5.70 Å². The molecule has 5 heteroatoms. The van der Waals surface area contributed by atoms with Crippen LogP contribution >= 0.6 is 11.8 Å². The van der Waals surface area contributed by atoms with Crippen molar-refractivity contribution in [1.82, 2.24) is 0 Å². The van der Waals surface area contributed by atoms with Gasteiger partial charge in [-0.1, -0.05) is 23.9 Å². The Morgan fingerprint density at radius 2 is 1.79 bits per heavy atom. The van der Waals surface area contributed by atoms with Crippen LogP contribution in [0.4, 0.5) is 11.4 Å². The normalized spacial score (nSPS) is 13.2. The fraction of sp³-hybridized carbons (Fsp3) is 0. The van der Waals surface area contributed by atoms with E-state index < -0.39 is 4.92 Å². The molecule has 0 saturated heterocycles. The average Bonchev–Trinajstić information content (AvgIpc) is 2.47. The van der Waals surface area contributed by atoms with Crippen LogP contribution < -0.4 is 5.32 Å². The number of nitrogens with zero attached hydrogens (tertiary/aromatic N) is 1. The first-order chi connectivity index (χ1) is 9.24. The Morgan fingerprint density at radius 1 is 1.05 bits per heavy atom. The lowest BCUT2D eigenvalue weighted by molar-refractivity contribution is -0.384. The second-order valence-electron chi connectivity index (χ2n) is 4.07. The predicted molar refractivity (Wildman–Crippen MR) is 77.0 cm³/mol. The monoisotopic (exact) mass is 270 g/mol. The molecule has 0 fully saturated rings. The maximum Gasteiger partial charge on any atom is 0.269 e. The zero-order chi connectivity index (χ0) is 13.2. The minimum atomic E-state index is -0.392. The third-order valence-electron chi connectivity index (χ3n) is 2.85. The van der Waals surface area contributed by atoms with E-state index in [1.54, 1.807) is 23.9 Å². The standard InChI is InChI=1S/C14H10N2O2S/c17-16(18)11-7-5-10(6-8-11)13-9-19-14-4-2-1-3-12(14)15-13/h1-9,15H. The first-order valence-electron chi connectivity index (χ1n) is 5.72. The number of rotatable bonds is 2. The summed E-state index contributed by atoms with van der Waals surface area (Å²) in [5, 5.41) is 16.0. The van der Waals surface area contributed by atoms with Gasteiger partial charge in [-0.25, -0.2) is 0 Å². The van der Waals surface area contributed by atoms with Gasteiger partial charge >= 0.3 is 0 Å². The van der Waals surface area contributed by atoms with Gasteiger partial charge in [0.25, 0.3) is 5.69 Å². The molecule has 4 nitrogen and oxygen atoms in total. The highest BCUT2D eigenvalue weighted by Gasteiger charge is 2.12. The van der Waals surface area contributed by atoms with Gasteiger partial charge in [-0.2, -0.15) is 0 Å². The second-order valence-corrected chi connectivity index (χ2v) is 4.99. The number of anilines is 1. The zero-order valence-corrected chi connectivity index (χ0v) is 10.7. The zero-order valence-electron chi connectivity index (χ0n) is 9.87. The lowest BCUT2D eigenvalue weighted by Crippen LogP contribution is -2.02. The number of thioether (sulfide) groups is 1. The highest BCUT2D eigenvalue weighted by Crippen LogP contribution is 2.37. The summed E-state index contributed by atoms with van der Waals surface area (Å²) in [5.41, 5.74) is 3.06. The number of benzene rings is 2. The first kappa shape index (κ1) is 11.8. The van der Waals surface area contributed by atoms with Gasteiger partial charge in [0.2, 0.25) is 0 Å². The van der Waals surface area contributed by atoms with Gasteiger partial charge < -0.3 is 5.32 Å². The topological polar surface area (TPSA) is 55.2 Å². The number of nitro benzene ring substituents is 1. The van der Waals surface area contributed by atoms with E-state index in [2.05, 4.69) is 11.4 Å². The fourth-order valence-corrected chi connectivity index (χ4v) is 2.72. The van der Waals surface area contributed by atoms with Crippen molar-refractivity contribution in [3.05, 3.63) is 69.6 Å². The van der Waals surface area contributed by atoms with Gasteiger partial charge in [0.05, 0.1) is 16.3 Å². The van der Waals surface area contributed by atoms with Crippen molar-refractivity contribution in [2.75, 3.05) is 5.32 Å². The maximum atomic E-state index is 10.6. The average molecular weight is 270 g/mol. The Morgan fingerprint density at radius 3 is 2.53 bits per heavy atom. The van der Waals surface area contributed by atoms with Gasteiger partial charge in [0.1, 0.15) is 0 Å². The number of hydrogen-bond acceptors (Lipinski definition) is 4. The molecule has 19 heavy (non-hydrogen) atoms. The number of hydrogen-bond donors (Lipinski definition) is 1. The van der Waals surface area contributed by atoms with E-state index in [-0.39, 0.29) is 5.69 Å². The summed E-state index contributed by atoms with van der Waals surface area (Å²) < 4.78 is 0. The summed E-state index contributed by atoms with van der Waals surface area (Å²) in [4.78, 5) is 11.4. The van der Waals surface area contributed by atoms with Gasteiger partial charge in [-0.05, 0) is 29.8 Å². The largest absolute Gasteiger partial charge is 0.354 e. The molecule has 94 valence electrons. The summed E-state index contributed by atoms with van der Waals surface area (Å²) in [6.07, 6.45) is 0. The van der Waals surface area contributed by atoms with E-state index in [4.69, 9.17) is 0 Å². The SMILES string of the molecule is O=[N+]([O-])c1ccc(C2=CSc3ccccc3N2)cc1. The van der Waals surface area contributed by atoms with Crippen molar-refractivity contribution < 1.29 is 4.92 Å². The van der Waals surface area contributed by atoms with Gasteiger partial charge in [-0.3, -0.25) is 10.1 Å². The Labute approximate surface area is 114 Å². The van der Waals surface area contributed by atoms with Crippen LogP contribution in [0.15, 0.2) is 58.8 Å². The third kappa shape index (κ3) is 2.32. The molecule has 0 aromatic heterocycles. The van der Waals surface area contributed by atoms with Crippen molar-refractivity contribution >= 4 is 28.8 Å². The summed E-state index contributed by atoms with van der Waals surface area (Å²) in [7, 11) is 0. The van der Waals surface area contributed by atoms with E-state index in [1.807, 2.05) is 23.6 Å². The molecule has 0 unspecified atom stereocenters. The molecule has 0 atom stereocenters. The number of para-hydroxylation sites is 1. The van der Waals surface area contributed by atoms with Crippen LogP contribution in [0.1, 0.15) is 5.56 Å². The van der Waals surface area contributed by atoms with Crippen LogP contribution in [-0.4, -0.2) is 4.92 Å². The summed E-state index contributed by atoms with van der Waals surface area (Å²) in [6.45, 7) is 0. The van der Waals surface area contributed by atoms with Crippen molar-refractivity contribution in [2.24, 2.45) is 0 Å². The third-order valence-corrected chi connectivity index (χ3v) is 3.81. The number of fused-ring (bicyclic) bond motifs is 1. The lowest BCUT2D eigenvalue weighted by atomic mass is 10.1. The fourth-order valence-electron chi connectivity index (χ4n) is 1.87. The molecule has 0 amide bonds. The Kier molecular flexibility index (Phi) is 2.97. The van der Waals surface area contributed by atoms with E-state index in [0.29, 0.717) is 0 Å². The molecule has 3 rings (SSSR count). The highest BCUT2D eigenvalue weighted by molar-refractivity contribution is 8.02. The Bertz CT molecular complexity index is 665. The number of nitro groups is 1. The molecule has 1 aliphatic rings. The van der Waals surface area contributed by atoms with Crippen molar-refractivity contribution in [2.45, 2.75) is 4.90 Å². The minimum Gasteiger partial charge on any atom is -0.354 e. The molecule has 1 aliphatic heterocycles. The molecular formula is C14H10N2O2S. The van der Waals surface area contributed by atoms with Crippen LogP contribution in [0, 0.1) is 10.1 Å². The van der Waals surface area contributed by atoms with E-state index >= 15 is 0 Å². The molecule has 1 heterocycles. The molecule has 0 radical (unpaired) electrons. The van der Waals surface area contributed by atoms with Gasteiger partial charge in [0, 0.05) is 22.4 Å². The van der Waals surface area contributed by atoms with E-state index in [1.165, 1.54) is 17.0 Å². The van der Waals surface area contributed by atoms with E-state index in [9.17, 15) is 10.1 Å². The molecule has 1 N–H and O–H groups in total. The highest BCUT2D eigenvalue weighted by atomic mass is 32.2. The molecule has 0 aliphatic carbocycles. The van der Waals surface area contributed by atoms with Crippen LogP contribution in [0.2, 0.25) is 0 Å². The number of nitrogens with one attached hydrogen (secondary N) is 1. The molecular weight excluding hydrogens is 260 g/mol. The van der Waals surface area contributed by atoms with Crippen molar-refractivity contribution in [1.29, 1.82) is 0 Å². The number of non-ortho nitro benzene ring substituents is 1. The Hall–Kier alpha value is -2.27. The smallest absolute Gasteiger partial charge is 0.269 e. The minimum absolute atomic E-state index is 0.105. The molecule has 0 saturated carbocycles. The van der Waals surface area contributed by atoms with Gasteiger partial charge in [0.15, 0.2) is 0 Å². The molecule has 2 aromatic carbocycles. The summed E-state index contributed by atoms with van der Waals surface area (Å²) in [5.74, 6) is 0. The van der Waals surface area contributed by atoms with Crippen LogP contribution in [0.3, 0.4) is 0 Å². The van der Waals surface area contributed by atoms with Crippen molar-refractivity contribution in [3.8, 4) is 0 Å². The van der Waals surface area contributed by atoms with Gasteiger partial charge in [-0.15, -0.1) is 0 Å². The molecule has 0 bridgehead atoms. The quantitative estimate of drug-likeness (QED) is 0.659. The van der Waals surface area contributed by atoms with E-state index in [0.717, 1.165) is 16.9 Å². The second kappa shape index (κ2) is 4.78. The predicted octanol–water partition coefficient (Wildman–Crippen LogP) is 4.11. The van der Waals surface area contributed by atoms with Crippen LogP contribution in [0.5, 0.6) is 0 Å². The summed E-state index contributed by atoms with van der Waals surface area (Å²) >= 11 is 1.64. The molecule has 2 aromatic rings. The van der Waals surface area contributed by atoms with Crippen LogP contribution in [-0.2, 0) is 0 Å².